The van der Waals surface area contributed by atoms with Gasteiger partial charge in [-0.2, -0.15) is 0 Å². The third kappa shape index (κ3) is 4.89. The molecule has 0 atom stereocenters. The maximum Gasteiger partial charge on any atom is 0.244 e. The summed E-state index contributed by atoms with van der Waals surface area (Å²) in [5.74, 6) is -0.320. The van der Waals surface area contributed by atoms with Crippen molar-refractivity contribution >= 4 is 48.3 Å². The number of amides is 1. The van der Waals surface area contributed by atoms with Crippen LogP contribution in [0.25, 0.3) is 10.9 Å². The summed E-state index contributed by atoms with van der Waals surface area (Å²) in [5, 5.41) is 3.46. The molecule has 31 heavy (non-hydrogen) atoms. The van der Waals surface area contributed by atoms with Crippen LogP contribution in [0.3, 0.4) is 0 Å². The van der Waals surface area contributed by atoms with Gasteiger partial charge in [-0.1, -0.05) is 64.0 Å². The second-order valence-electron chi connectivity index (χ2n) is 7.44. The van der Waals surface area contributed by atoms with Gasteiger partial charge in [-0.15, -0.1) is 0 Å². The molecular formula is C24H21BrN2O3S. The van der Waals surface area contributed by atoms with Gasteiger partial charge < -0.3 is 9.88 Å². The first-order chi connectivity index (χ1) is 14.8. The summed E-state index contributed by atoms with van der Waals surface area (Å²) in [6.07, 6.45) is 1.57. The number of hydrogen-bond acceptors (Lipinski definition) is 3. The fourth-order valence-corrected chi connectivity index (χ4v) is 5.41. The van der Waals surface area contributed by atoms with Gasteiger partial charge in [0.15, 0.2) is 9.84 Å². The van der Waals surface area contributed by atoms with E-state index in [0.29, 0.717) is 16.6 Å². The lowest BCUT2D eigenvalue weighted by molar-refractivity contribution is -0.116. The Hall–Kier alpha value is -2.90. The quantitative estimate of drug-likeness (QED) is 0.392. The first-order valence-corrected chi connectivity index (χ1v) is 12.2. The second kappa shape index (κ2) is 8.69. The number of fused-ring (bicyclic) bond motifs is 1. The number of anilines is 1. The first-order valence-electron chi connectivity index (χ1n) is 9.73. The molecule has 0 saturated heterocycles. The number of nitrogens with one attached hydrogen (secondary N) is 1. The summed E-state index contributed by atoms with van der Waals surface area (Å²) in [6.45, 7) is 1.95. The number of carbonyl (C=O) groups is 1. The molecule has 7 heteroatoms. The largest absolute Gasteiger partial charge is 0.337 e. The van der Waals surface area contributed by atoms with Crippen molar-refractivity contribution in [2.75, 3.05) is 5.32 Å². The zero-order valence-electron chi connectivity index (χ0n) is 16.9. The van der Waals surface area contributed by atoms with Gasteiger partial charge >= 0.3 is 0 Å². The molecule has 4 rings (SSSR count). The van der Waals surface area contributed by atoms with Crippen LogP contribution in [0.5, 0.6) is 0 Å². The Labute approximate surface area is 189 Å². The second-order valence-corrected chi connectivity index (χ2v) is 10.3. The van der Waals surface area contributed by atoms with Crippen molar-refractivity contribution in [3.63, 3.8) is 0 Å². The van der Waals surface area contributed by atoms with Gasteiger partial charge in [-0.25, -0.2) is 8.42 Å². The van der Waals surface area contributed by atoms with Gasteiger partial charge in [0.2, 0.25) is 5.91 Å². The minimum Gasteiger partial charge on any atom is -0.337 e. The fourth-order valence-electron chi connectivity index (χ4n) is 3.58. The number of benzene rings is 3. The lowest BCUT2D eigenvalue weighted by Crippen LogP contribution is -2.18. The standard InChI is InChI=1S/C24H21BrN2O3S/c1-17-5-4-6-18(13-17)16-31(29,30)23-14-27(22-8-3-2-7-21(22)23)15-24(28)26-20-11-9-19(25)10-12-20/h2-14H,15-16H2,1H3,(H,26,28). The molecular weight excluding hydrogens is 476 g/mol. The number of nitrogens with zero attached hydrogens (tertiary/aromatic N) is 1. The number of para-hydroxylation sites is 1. The van der Waals surface area contributed by atoms with Crippen LogP contribution in [0.4, 0.5) is 5.69 Å². The summed E-state index contributed by atoms with van der Waals surface area (Å²) in [4.78, 5) is 12.8. The molecule has 0 unspecified atom stereocenters. The highest BCUT2D eigenvalue weighted by Crippen LogP contribution is 2.28. The summed E-state index contributed by atoms with van der Waals surface area (Å²) in [6, 6.07) is 22.0. The Morgan fingerprint density at radius 1 is 1.00 bits per heavy atom. The van der Waals surface area contributed by atoms with E-state index in [2.05, 4.69) is 21.2 Å². The Morgan fingerprint density at radius 3 is 2.48 bits per heavy atom. The Balaban J connectivity index is 1.64. The summed E-state index contributed by atoms with van der Waals surface area (Å²) < 4.78 is 29.1. The predicted octanol–water partition coefficient (Wildman–Crippen LogP) is 5.32. The Bertz CT molecular complexity index is 1360. The molecule has 1 N–H and O–H groups in total. The molecule has 4 aromatic rings. The number of aromatic nitrogens is 1. The highest BCUT2D eigenvalue weighted by atomic mass is 79.9. The van der Waals surface area contributed by atoms with Crippen LogP contribution < -0.4 is 5.32 Å². The van der Waals surface area contributed by atoms with Crippen molar-refractivity contribution in [1.82, 2.24) is 4.57 Å². The molecule has 0 aliphatic rings. The van der Waals surface area contributed by atoms with Gasteiger partial charge in [-0.05, 0) is 42.8 Å². The SMILES string of the molecule is Cc1cccc(CS(=O)(=O)c2cn(CC(=O)Nc3ccc(Br)cc3)c3ccccc23)c1. The van der Waals surface area contributed by atoms with Gasteiger partial charge in [-0.3, -0.25) is 4.79 Å². The maximum absolute atomic E-state index is 13.2. The number of sulfone groups is 1. The Morgan fingerprint density at radius 2 is 1.74 bits per heavy atom. The molecule has 0 saturated carbocycles. The molecule has 0 spiro atoms. The first kappa shape index (κ1) is 21.3. The van der Waals surface area contributed by atoms with Crippen LogP contribution in [-0.2, 0) is 26.9 Å². The van der Waals surface area contributed by atoms with E-state index in [0.717, 1.165) is 15.6 Å². The van der Waals surface area contributed by atoms with E-state index in [1.54, 1.807) is 35.0 Å². The van der Waals surface area contributed by atoms with E-state index >= 15 is 0 Å². The zero-order valence-corrected chi connectivity index (χ0v) is 19.3. The molecule has 0 aliphatic heterocycles. The molecule has 0 bridgehead atoms. The van der Waals surface area contributed by atoms with Crippen LogP contribution in [0.2, 0.25) is 0 Å². The van der Waals surface area contributed by atoms with Crippen molar-refractivity contribution in [3.8, 4) is 0 Å². The normalized spacial score (nSPS) is 11.5. The molecule has 3 aromatic carbocycles. The van der Waals surface area contributed by atoms with E-state index in [1.807, 2.05) is 55.5 Å². The van der Waals surface area contributed by atoms with Crippen LogP contribution in [-0.4, -0.2) is 18.9 Å². The number of aryl methyl sites for hydroxylation is 1. The highest BCUT2D eigenvalue weighted by molar-refractivity contribution is 9.10. The van der Waals surface area contributed by atoms with Crippen LogP contribution >= 0.6 is 15.9 Å². The van der Waals surface area contributed by atoms with Crippen LogP contribution in [0, 0.1) is 6.92 Å². The molecule has 158 valence electrons. The molecule has 1 heterocycles. The molecule has 5 nitrogen and oxygen atoms in total. The Kier molecular flexibility index (Phi) is 5.98. The number of hydrogen-bond donors (Lipinski definition) is 1. The molecule has 1 aromatic heterocycles. The maximum atomic E-state index is 13.2. The highest BCUT2D eigenvalue weighted by Gasteiger charge is 2.22. The lowest BCUT2D eigenvalue weighted by atomic mass is 10.2. The zero-order chi connectivity index (χ0) is 22.0. The van der Waals surface area contributed by atoms with Crippen molar-refractivity contribution in [2.24, 2.45) is 0 Å². The van der Waals surface area contributed by atoms with E-state index in [-0.39, 0.29) is 23.1 Å². The smallest absolute Gasteiger partial charge is 0.244 e. The van der Waals surface area contributed by atoms with Crippen molar-refractivity contribution in [3.05, 3.63) is 94.6 Å². The third-order valence-electron chi connectivity index (χ3n) is 4.97. The van der Waals surface area contributed by atoms with E-state index in [4.69, 9.17) is 0 Å². The monoisotopic (exact) mass is 496 g/mol. The minimum absolute atomic E-state index is 0.0105. The van der Waals surface area contributed by atoms with Gasteiger partial charge in [0, 0.05) is 27.3 Å². The average Bonchev–Trinajstić information content (AvgIpc) is 3.09. The lowest BCUT2D eigenvalue weighted by Gasteiger charge is -2.07. The topological polar surface area (TPSA) is 68.2 Å². The summed E-state index contributed by atoms with van der Waals surface area (Å²) in [7, 11) is -3.59. The van der Waals surface area contributed by atoms with Crippen LogP contribution in [0.1, 0.15) is 11.1 Å². The number of halogens is 1. The number of rotatable bonds is 6. The van der Waals surface area contributed by atoms with Crippen LogP contribution in [0.15, 0.2) is 88.4 Å². The van der Waals surface area contributed by atoms with Crippen molar-refractivity contribution < 1.29 is 13.2 Å². The molecule has 0 aliphatic carbocycles. The third-order valence-corrected chi connectivity index (χ3v) is 7.21. The molecule has 1 amide bonds. The minimum atomic E-state index is -3.59. The average molecular weight is 497 g/mol. The predicted molar refractivity (Wildman–Crippen MR) is 127 cm³/mol. The summed E-state index contributed by atoms with van der Waals surface area (Å²) in [5.41, 5.74) is 3.14. The van der Waals surface area contributed by atoms with Gasteiger partial charge in [0.1, 0.15) is 6.54 Å². The van der Waals surface area contributed by atoms with E-state index in [9.17, 15) is 13.2 Å². The van der Waals surface area contributed by atoms with Crippen molar-refractivity contribution in [1.29, 1.82) is 0 Å². The molecule has 0 radical (unpaired) electrons. The fraction of sp³-hybridized carbons (Fsp3) is 0.125. The number of carbonyl (C=O) groups excluding carboxylic acids is 1. The molecule has 0 fully saturated rings. The van der Waals surface area contributed by atoms with E-state index < -0.39 is 9.84 Å². The van der Waals surface area contributed by atoms with Gasteiger partial charge in [0.25, 0.3) is 0 Å². The summed E-state index contributed by atoms with van der Waals surface area (Å²) >= 11 is 3.37. The van der Waals surface area contributed by atoms with Gasteiger partial charge in [0.05, 0.1) is 10.6 Å². The van der Waals surface area contributed by atoms with Crippen molar-refractivity contribution in [2.45, 2.75) is 24.1 Å². The van der Waals surface area contributed by atoms with E-state index in [1.165, 1.54) is 0 Å².